The number of hydrogen-bond acceptors (Lipinski definition) is 4. The summed E-state index contributed by atoms with van der Waals surface area (Å²) >= 11 is 0. The molecule has 0 aliphatic carbocycles. The number of anilines is 1. The highest BCUT2D eigenvalue weighted by Gasteiger charge is 2.08. The second-order valence-corrected chi connectivity index (χ2v) is 4.63. The van der Waals surface area contributed by atoms with E-state index in [4.69, 9.17) is 4.74 Å². The molecule has 0 fully saturated rings. The lowest BCUT2D eigenvalue weighted by Gasteiger charge is -2.06. The Kier molecular flexibility index (Phi) is 4.24. The molecule has 1 amide bonds. The number of rotatable bonds is 4. The van der Waals surface area contributed by atoms with Crippen molar-refractivity contribution in [2.24, 2.45) is 0 Å². The molecule has 1 heterocycles. The largest absolute Gasteiger partial charge is 0.424 e. The molecule has 114 valence electrons. The minimum absolute atomic E-state index is 0.167. The predicted molar refractivity (Wildman–Crippen MR) is 82.9 cm³/mol. The van der Waals surface area contributed by atoms with Gasteiger partial charge in [0.2, 0.25) is 0 Å². The van der Waals surface area contributed by atoms with Crippen LogP contribution in [0, 0.1) is 5.82 Å². The molecule has 23 heavy (non-hydrogen) atoms. The zero-order valence-corrected chi connectivity index (χ0v) is 11.9. The van der Waals surface area contributed by atoms with Crippen molar-refractivity contribution >= 4 is 11.6 Å². The van der Waals surface area contributed by atoms with E-state index in [-0.39, 0.29) is 11.6 Å². The van der Waals surface area contributed by atoms with Crippen LogP contribution in [-0.4, -0.2) is 15.9 Å². The van der Waals surface area contributed by atoms with Crippen molar-refractivity contribution in [1.29, 1.82) is 0 Å². The van der Waals surface area contributed by atoms with Crippen molar-refractivity contribution < 1.29 is 13.9 Å². The lowest BCUT2D eigenvalue weighted by Crippen LogP contribution is -2.12. The molecule has 2 aromatic carbocycles. The Morgan fingerprint density at radius 2 is 1.74 bits per heavy atom. The number of ether oxygens (including phenoxy) is 1. The van der Waals surface area contributed by atoms with Crippen molar-refractivity contribution in [2.45, 2.75) is 0 Å². The van der Waals surface area contributed by atoms with E-state index in [1.807, 2.05) is 18.2 Å². The van der Waals surface area contributed by atoms with Gasteiger partial charge in [-0.25, -0.2) is 14.4 Å². The first-order valence-corrected chi connectivity index (χ1v) is 6.82. The summed E-state index contributed by atoms with van der Waals surface area (Å²) in [6.07, 6.45) is 2.84. The molecule has 0 atom stereocenters. The maximum Gasteiger partial charge on any atom is 0.322 e. The maximum absolute atomic E-state index is 13.1. The fourth-order valence-electron chi connectivity index (χ4n) is 1.86. The number of para-hydroxylation sites is 1. The summed E-state index contributed by atoms with van der Waals surface area (Å²) in [6.45, 7) is 0. The molecule has 0 bridgehead atoms. The van der Waals surface area contributed by atoms with Crippen LogP contribution in [0.2, 0.25) is 0 Å². The normalized spacial score (nSPS) is 10.1. The Balaban J connectivity index is 1.67. The van der Waals surface area contributed by atoms with Gasteiger partial charge < -0.3 is 10.1 Å². The van der Waals surface area contributed by atoms with Gasteiger partial charge in [0.1, 0.15) is 11.6 Å². The van der Waals surface area contributed by atoms with Gasteiger partial charge in [-0.1, -0.05) is 24.3 Å². The first-order chi connectivity index (χ1) is 11.2. The molecule has 0 unspecified atom stereocenters. The molecule has 0 saturated carbocycles. The number of carbonyl (C=O) groups excluding carboxylic acids is 1. The Bertz CT molecular complexity index is 808. The van der Waals surface area contributed by atoms with Crippen LogP contribution >= 0.6 is 0 Å². The minimum Gasteiger partial charge on any atom is -0.424 e. The first-order valence-electron chi connectivity index (χ1n) is 6.82. The standard InChI is InChI=1S/C17H12FN3O2/c18-13-6-4-5-12(9-13)16(22)21-14-10-19-17(20-11-14)23-15-7-2-1-3-8-15/h1-11H,(H,21,22). The predicted octanol–water partition coefficient (Wildman–Crippen LogP) is 3.66. The van der Waals surface area contributed by atoms with E-state index in [0.29, 0.717) is 11.4 Å². The number of nitrogens with one attached hydrogen (secondary N) is 1. The lowest BCUT2D eigenvalue weighted by molar-refractivity contribution is 0.102. The van der Waals surface area contributed by atoms with Crippen molar-refractivity contribution in [3.63, 3.8) is 0 Å². The van der Waals surface area contributed by atoms with E-state index in [1.165, 1.54) is 30.6 Å². The number of halogens is 1. The van der Waals surface area contributed by atoms with Crippen LogP contribution in [0.1, 0.15) is 10.4 Å². The zero-order chi connectivity index (χ0) is 16.1. The van der Waals surface area contributed by atoms with Gasteiger partial charge in [0.05, 0.1) is 18.1 Å². The molecule has 1 N–H and O–H groups in total. The fraction of sp³-hybridized carbons (Fsp3) is 0. The van der Waals surface area contributed by atoms with Gasteiger partial charge in [-0.15, -0.1) is 0 Å². The average molecular weight is 309 g/mol. The van der Waals surface area contributed by atoms with Crippen LogP contribution in [0.5, 0.6) is 11.8 Å². The minimum atomic E-state index is -0.472. The third-order valence-electron chi connectivity index (χ3n) is 2.93. The number of nitrogens with zero attached hydrogens (tertiary/aromatic N) is 2. The number of aromatic nitrogens is 2. The van der Waals surface area contributed by atoms with Crippen LogP contribution < -0.4 is 10.1 Å². The summed E-state index contributed by atoms with van der Waals surface area (Å²) < 4.78 is 18.6. The molecule has 0 aliphatic heterocycles. The van der Waals surface area contributed by atoms with Gasteiger partial charge in [-0.3, -0.25) is 4.79 Å². The maximum atomic E-state index is 13.1. The van der Waals surface area contributed by atoms with Gasteiger partial charge in [-0.05, 0) is 30.3 Å². The molecule has 0 aliphatic rings. The van der Waals surface area contributed by atoms with Crippen molar-refractivity contribution in [2.75, 3.05) is 5.32 Å². The van der Waals surface area contributed by atoms with Gasteiger partial charge in [-0.2, -0.15) is 0 Å². The van der Waals surface area contributed by atoms with E-state index < -0.39 is 11.7 Å². The SMILES string of the molecule is O=C(Nc1cnc(Oc2ccccc2)nc1)c1cccc(F)c1. The monoisotopic (exact) mass is 309 g/mol. The van der Waals surface area contributed by atoms with Crippen molar-refractivity contribution in [1.82, 2.24) is 9.97 Å². The molecule has 3 aromatic rings. The smallest absolute Gasteiger partial charge is 0.322 e. The van der Waals surface area contributed by atoms with Gasteiger partial charge >= 0.3 is 6.01 Å². The van der Waals surface area contributed by atoms with Crippen molar-refractivity contribution in [3.05, 3.63) is 78.4 Å². The highest BCUT2D eigenvalue weighted by Crippen LogP contribution is 2.17. The second-order valence-electron chi connectivity index (χ2n) is 4.63. The summed E-state index contributed by atoms with van der Waals surface area (Å²) in [4.78, 5) is 20.0. The number of hydrogen-bond donors (Lipinski definition) is 1. The number of carbonyl (C=O) groups is 1. The van der Waals surface area contributed by atoms with Crippen LogP contribution in [0.15, 0.2) is 67.0 Å². The summed E-state index contributed by atoms with van der Waals surface area (Å²) in [5, 5.41) is 2.59. The highest BCUT2D eigenvalue weighted by molar-refractivity contribution is 6.04. The highest BCUT2D eigenvalue weighted by atomic mass is 19.1. The fourth-order valence-corrected chi connectivity index (χ4v) is 1.86. The van der Waals surface area contributed by atoms with Gasteiger partial charge in [0, 0.05) is 5.56 Å². The Labute approximate surface area is 131 Å². The molecule has 6 heteroatoms. The molecule has 3 rings (SSSR count). The average Bonchev–Trinajstić information content (AvgIpc) is 2.57. The molecule has 0 saturated heterocycles. The summed E-state index contributed by atoms with van der Waals surface area (Å²) in [5.41, 5.74) is 0.606. The van der Waals surface area contributed by atoms with Crippen LogP contribution in [0.25, 0.3) is 0 Å². The Morgan fingerprint density at radius 1 is 1.00 bits per heavy atom. The van der Waals surface area contributed by atoms with E-state index in [0.717, 1.165) is 6.07 Å². The Morgan fingerprint density at radius 3 is 2.43 bits per heavy atom. The third-order valence-corrected chi connectivity index (χ3v) is 2.93. The summed E-state index contributed by atoms with van der Waals surface area (Å²) in [6, 6.07) is 14.7. The van der Waals surface area contributed by atoms with Crippen LogP contribution in [0.3, 0.4) is 0 Å². The summed E-state index contributed by atoms with van der Waals surface area (Å²) in [5.74, 6) is -0.297. The van der Waals surface area contributed by atoms with E-state index in [9.17, 15) is 9.18 Å². The van der Waals surface area contributed by atoms with Crippen molar-refractivity contribution in [3.8, 4) is 11.8 Å². The van der Waals surface area contributed by atoms with Gasteiger partial charge in [0.25, 0.3) is 5.91 Å². The lowest BCUT2D eigenvalue weighted by atomic mass is 10.2. The molecular formula is C17H12FN3O2. The topological polar surface area (TPSA) is 64.1 Å². The molecule has 1 aromatic heterocycles. The second kappa shape index (κ2) is 6.65. The van der Waals surface area contributed by atoms with Crippen LogP contribution in [0.4, 0.5) is 10.1 Å². The third kappa shape index (κ3) is 3.88. The Hall–Kier alpha value is -3.28. The molecule has 0 radical (unpaired) electrons. The van der Waals surface area contributed by atoms with E-state index >= 15 is 0 Å². The van der Waals surface area contributed by atoms with E-state index in [1.54, 1.807) is 12.1 Å². The van der Waals surface area contributed by atoms with Crippen LogP contribution in [-0.2, 0) is 0 Å². The number of benzene rings is 2. The first kappa shape index (κ1) is 14.6. The summed E-state index contributed by atoms with van der Waals surface area (Å²) in [7, 11) is 0. The van der Waals surface area contributed by atoms with Gasteiger partial charge in [0.15, 0.2) is 0 Å². The quantitative estimate of drug-likeness (QED) is 0.799. The molecule has 5 nitrogen and oxygen atoms in total. The van der Waals surface area contributed by atoms with E-state index in [2.05, 4.69) is 15.3 Å². The zero-order valence-electron chi connectivity index (χ0n) is 11.9. The molecular weight excluding hydrogens is 297 g/mol. The molecule has 0 spiro atoms. The number of amides is 1.